The third-order valence-electron chi connectivity index (χ3n) is 4.93. The number of ether oxygens (including phenoxy) is 1. The molecule has 1 aliphatic heterocycles. The lowest BCUT2D eigenvalue weighted by Crippen LogP contribution is -2.48. The Morgan fingerprint density at radius 2 is 2.00 bits per heavy atom. The Labute approximate surface area is 169 Å². The van der Waals surface area contributed by atoms with E-state index in [1.807, 2.05) is 11.8 Å². The van der Waals surface area contributed by atoms with E-state index in [9.17, 15) is 23.4 Å². The number of anilines is 1. The van der Waals surface area contributed by atoms with Crippen molar-refractivity contribution < 1.29 is 28.1 Å². The molecule has 4 rings (SSSR count). The van der Waals surface area contributed by atoms with E-state index in [1.165, 1.54) is 6.07 Å². The summed E-state index contributed by atoms with van der Waals surface area (Å²) in [6.45, 7) is 2.65. The number of phenols is 1. The van der Waals surface area contributed by atoms with Crippen molar-refractivity contribution in [1.29, 1.82) is 0 Å². The molecule has 1 aromatic carbocycles. The molecule has 0 aliphatic carbocycles. The van der Waals surface area contributed by atoms with Crippen LogP contribution in [0.3, 0.4) is 0 Å². The summed E-state index contributed by atoms with van der Waals surface area (Å²) >= 11 is 0. The van der Waals surface area contributed by atoms with Gasteiger partial charge >= 0.3 is 6.18 Å². The van der Waals surface area contributed by atoms with E-state index in [4.69, 9.17) is 4.74 Å². The van der Waals surface area contributed by atoms with Gasteiger partial charge in [0.2, 0.25) is 0 Å². The summed E-state index contributed by atoms with van der Waals surface area (Å²) in [4.78, 5) is 6.31. The Hall–Kier alpha value is -2.98. The SMILES string of the molecule is C[C@@H]1CN(c2nnc(-c3ccc(C(F)(F)F)cc3O)c3cccnc23)C[C@H](CO)O1. The minimum absolute atomic E-state index is 0.128. The van der Waals surface area contributed by atoms with Crippen LogP contribution >= 0.6 is 0 Å². The van der Waals surface area contributed by atoms with Crippen molar-refractivity contribution >= 4 is 16.7 Å². The Balaban J connectivity index is 1.81. The van der Waals surface area contributed by atoms with Crippen LogP contribution in [0.5, 0.6) is 5.75 Å². The number of fused-ring (bicyclic) bond motifs is 1. The Morgan fingerprint density at radius 3 is 2.70 bits per heavy atom. The number of alkyl halides is 3. The van der Waals surface area contributed by atoms with Crippen molar-refractivity contribution in [1.82, 2.24) is 15.2 Å². The van der Waals surface area contributed by atoms with E-state index in [2.05, 4.69) is 15.2 Å². The van der Waals surface area contributed by atoms with Gasteiger partial charge in [-0.25, -0.2) is 0 Å². The number of rotatable bonds is 3. The Kier molecular flexibility index (Phi) is 5.20. The molecule has 0 spiro atoms. The molecule has 1 fully saturated rings. The van der Waals surface area contributed by atoms with Crippen LogP contribution in [0.4, 0.5) is 19.0 Å². The summed E-state index contributed by atoms with van der Waals surface area (Å²) in [6, 6.07) is 6.13. The molecule has 0 amide bonds. The summed E-state index contributed by atoms with van der Waals surface area (Å²) in [5.41, 5.74) is -0.0996. The smallest absolute Gasteiger partial charge is 0.416 e. The number of aliphatic hydroxyl groups excluding tert-OH is 1. The van der Waals surface area contributed by atoms with Crippen molar-refractivity contribution in [3.05, 3.63) is 42.1 Å². The molecule has 1 saturated heterocycles. The molecule has 3 aromatic rings. The van der Waals surface area contributed by atoms with Gasteiger partial charge in [-0.1, -0.05) is 0 Å². The lowest BCUT2D eigenvalue weighted by molar-refractivity contribution is -0.137. The fourth-order valence-corrected chi connectivity index (χ4v) is 3.61. The molecule has 7 nitrogen and oxygen atoms in total. The van der Waals surface area contributed by atoms with Crippen LogP contribution in [0.2, 0.25) is 0 Å². The quantitative estimate of drug-likeness (QED) is 0.673. The van der Waals surface area contributed by atoms with Crippen molar-refractivity contribution in [2.75, 3.05) is 24.6 Å². The molecule has 0 unspecified atom stereocenters. The monoisotopic (exact) mass is 420 g/mol. The van der Waals surface area contributed by atoms with Gasteiger partial charge in [-0.2, -0.15) is 13.2 Å². The zero-order chi connectivity index (χ0) is 21.5. The first-order valence-corrected chi connectivity index (χ1v) is 9.31. The fraction of sp³-hybridized carbons (Fsp3) is 0.350. The molecule has 0 bridgehead atoms. The predicted molar refractivity (Wildman–Crippen MR) is 103 cm³/mol. The lowest BCUT2D eigenvalue weighted by Gasteiger charge is -2.36. The topological polar surface area (TPSA) is 91.6 Å². The molecule has 0 radical (unpaired) electrons. The van der Waals surface area contributed by atoms with Crippen molar-refractivity contribution in [2.45, 2.75) is 25.3 Å². The van der Waals surface area contributed by atoms with Gasteiger partial charge in [-0.05, 0) is 37.3 Å². The molecule has 30 heavy (non-hydrogen) atoms. The second kappa shape index (κ2) is 7.69. The van der Waals surface area contributed by atoms with Crippen molar-refractivity contribution in [2.24, 2.45) is 0 Å². The van der Waals surface area contributed by atoms with Crippen LogP contribution in [-0.4, -0.2) is 57.3 Å². The minimum Gasteiger partial charge on any atom is -0.507 e. The molecular formula is C20H19F3N4O3. The van der Waals surface area contributed by atoms with E-state index in [-0.39, 0.29) is 30.1 Å². The average Bonchev–Trinajstić information content (AvgIpc) is 2.72. The maximum Gasteiger partial charge on any atom is 0.416 e. The first-order valence-electron chi connectivity index (χ1n) is 9.31. The number of morpholine rings is 1. The van der Waals surface area contributed by atoms with E-state index >= 15 is 0 Å². The number of aliphatic hydroxyl groups is 1. The second-order valence-corrected chi connectivity index (χ2v) is 7.16. The number of hydrogen-bond acceptors (Lipinski definition) is 7. The molecule has 0 saturated carbocycles. The van der Waals surface area contributed by atoms with E-state index in [0.717, 1.165) is 6.07 Å². The number of nitrogens with zero attached hydrogens (tertiary/aromatic N) is 4. The number of hydrogen-bond donors (Lipinski definition) is 2. The maximum atomic E-state index is 12.9. The zero-order valence-corrected chi connectivity index (χ0v) is 16.0. The molecule has 3 heterocycles. The predicted octanol–water partition coefficient (Wildman–Crippen LogP) is 3.00. The van der Waals surface area contributed by atoms with Gasteiger partial charge in [0.15, 0.2) is 5.82 Å². The van der Waals surface area contributed by atoms with E-state index in [1.54, 1.807) is 18.3 Å². The summed E-state index contributed by atoms with van der Waals surface area (Å²) in [6.07, 6.45) is -3.51. The van der Waals surface area contributed by atoms with Gasteiger partial charge in [0.25, 0.3) is 0 Å². The highest BCUT2D eigenvalue weighted by Gasteiger charge is 2.32. The van der Waals surface area contributed by atoms with Gasteiger partial charge in [-0.15, -0.1) is 10.2 Å². The first-order chi connectivity index (χ1) is 14.3. The number of phenolic OH excluding ortho intramolecular Hbond substituents is 1. The van der Waals surface area contributed by atoms with Crippen LogP contribution in [0.25, 0.3) is 22.2 Å². The third kappa shape index (κ3) is 3.75. The fourth-order valence-electron chi connectivity index (χ4n) is 3.61. The van der Waals surface area contributed by atoms with E-state index < -0.39 is 17.5 Å². The average molecular weight is 420 g/mol. The number of benzene rings is 1. The summed E-state index contributed by atoms with van der Waals surface area (Å²) in [7, 11) is 0. The number of aromatic nitrogens is 3. The molecular weight excluding hydrogens is 401 g/mol. The second-order valence-electron chi connectivity index (χ2n) is 7.16. The highest BCUT2D eigenvalue weighted by Crippen LogP contribution is 2.38. The van der Waals surface area contributed by atoms with Crippen LogP contribution in [0.15, 0.2) is 36.5 Å². The number of pyridine rings is 1. The van der Waals surface area contributed by atoms with Gasteiger partial charge in [0.1, 0.15) is 17.0 Å². The number of aromatic hydroxyl groups is 1. The Morgan fingerprint density at radius 1 is 1.20 bits per heavy atom. The minimum atomic E-state index is -4.56. The molecule has 2 N–H and O–H groups in total. The summed E-state index contributed by atoms with van der Waals surface area (Å²) in [5.74, 6) is -0.0632. The number of halogens is 3. The highest BCUT2D eigenvalue weighted by atomic mass is 19.4. The van der Waals surface area contributed by atoms with Gasteiger partial charge in [0.05, 0.1) is 24.4 Å². The summed E-state index contributed by atoms with van der Waals surface area (Å²) in [5, 5.41) is 28.7. The van der Waals surface area contributed by atoms with Crippen molar-refractivity contribution in [3.63, 3.8) is 0 Å². The largest absolute Gasteiger partial charge is 0.507 e. The normalized spacial score (nSPS) is 20.0. The lowest BCUT2D eigenvalue weighted by atomic mass is 10.0. The van der Waals surface area contributed by atoms with Crippen LogP contribution in [-0.2, 0) is 10.9 Å². The highest BCUT2D eigenvalue weighted by molar-refractivity contribution is 5.98. The molecule has 2 atom stereocenters. The Bertz CT molecular complexity index is 1080. The zero-order valence-electron chi connectivity index (χ0n) is 16.0. The van der Waals surface area contributed by atoms with Gasteiger partial charge in [0, 0.05) is 30.2 Å². The van der Waals surface area contributed by atoms with Crippen LogP contribution in [0.1, 0.15) is 12.5 Å². The molecule has 158 valence electrons. The van der Waals surface area contributed by atoms with Gasteiger partial charge in [-0.3, -0.25) is 4.98 Å². The summed E-state index contributed by atoms with van der Waals surface area (Å²) < 4.78 is 44.4. The molecule has 2 aromatic heterocycles. The van der Waals surface area contributed by atoms with E-state index in [0.29, 0.717) is 35.9 Å². The van der Waals surface area contributed by atoms with Gasteiger partial charge < -0.3 is 19.8 Å². The maximum absolute atomic E-state index is 12.9. The van der Waals surface area contributed by atoms with Crippen LogP contribution < -0.4 is 4.90 Å². The standard InChI is InChI=1S/C20H19F3N4O3/c1-11-8-27(9-13(10-28)30-11)19-18-15(3-2-6-24-18)17(25-26-19)14-5-4-12(7-16(14)29)20(21,22)23/h2-7,11,13,28-29H,8-10H2,1H3/t11-,13-/m1/s1. The first kappa shape index (κ1) is 20.3. The third-order valence-corrected chi connectivity index (χ3v) is 4.93. The van der Waals surface area contributed by atoms with Crippen molar-refractivity contribution in [3.8, 4) is 17.0 Å². The van der Waals surface area contributed by atoms with Crippen LogP contribution in [0, 0.1) is 0 Å². The molecule has 1 aliphatic rings. The molecule has 10 heteroatoms.